The van der Waals surface area contributed by atoms with Crippen LogP contribution < -0.4 is 10.2 Å². The number of hydrogen-bond donors (Lipinski definition) is 2. The highest BCUT2D eigenvalue weighted by Gasteiger charge is 2.39. The van der Waals surface area contributed by atoms with Crippen LogP contribution in [0.4, 0.5) is 11.4 Å². The molecule has 0 unspecified atom stereocenters. The monoisotopic (exact) mass is 373 g/mol. The molecular weight excluding hydrogens is 350 g/mol. The second kappa shape index (κ2) is 7.77. The summed E-state index contributed by atoms with van der Waals surface area (Å²) in [6, 6.07) is 6.89. The van der Waals surface area contributed by atoms with Gasteiger partial charge in [0.1, 0.15) is 0 Å². The number of nitrogens with one attached hydrogen (secondary N) is 1. The molecule has 27 heavy (non-hydrogen) atoms. The number of carboxylic acid groups (broad SMARTS) is 1. The summed E-state index contributed by atoms with van der Waals surface area (Å²) in [5.41, 5.74) is 1.31. The summed E-state index contributed by atoms with van der Waals surface area (Å²) in [5.74, 6) is -2.32. The zero-order chi connectivity index (χ0) is 19.6. The molecule has 0 aliphatic carbocycles. The molecule has 0 saturated carbocycles. The predicted molar refractivity (Wildman–Crippen MR) is 98.1 cm³/mol. The first-order chi connectivity index (χ1) is 12.8. The number of anilines is 2. The quantitative estimate of drug-likeness (QED) is 0.828. The van der Waals surface area contributed by atoms with Crippen LogP contribution in [0.25, 0.3) is 0 Å². The molecule has 0 bridgehead atoms. The van der Waals surface area contributed by atoms with Gasteiger partial charge in [0.05, 0.1) is 11.8 Å². The molecular formula is C19H23N3O5. The summed E-state index contributed by atoms with van der Waals surface area (Å²) < 4.78 is 0. The second-order valence-corrected chi connectivity index (χ2v) is 7.10. The highest BCUT2D eigenvalue weighted by Crippen LogP contribution is 2.28. The molecule has 3 rings (SSSR count). The van der Waals surface area contributed by atoms with E-state index in [4.69, 9.17) is 0 Å². The highest BCUT2D eigenvalue weighted by molar-refractivity contribution is 6.00. The fourth-order valence-electron chi connectivity index (χ4n) is 3.69. The van der Waals surface area contributed by atoms with Crippen molar-refractivity contribution in [3.05, 3.63) is 24.3 Å². The van der Waals surface area contributed by atoms with E-state index in [2.05, 4.69) is 5.32 Å². The maximum atomic E-state index is 12.8. The molecule has 2 saturated heterocycles. The van der Waals surface area contributed by atoms with E-state index in [1.807, 2.05) is 0 Å². The Morgan fingerprint density at radius 3 is 2.44 bits per heavy atom. The molecule has 8 nitrogen and oxygen atoms in total. The first-order valence-corrected chi connectivity index (χ1v) is 9.04. The zero-order valence-electron chi connectivity index (χ0n) is 15.2. The van der Waals surface area contributed by atoms with Crippen molar-refractivity contribution >= 4 is 35.1 Å². The lowest BCUT2D eigenvalue weighted by atomic mass is 9.96. The van der Waals surface area contributed by atoms with Crippen molar-refractivity contribution in [2.75, 3.05) is 29.9 Å². The van der Waals surface area contributed by atoms with E-state index in [1.165, 1.54) is 6.92 Å². The number of piperidine rings is 1. The van der Waals surface area contributed by atoms with Gasteiger partial charge >= 0.3 is 5.97 Å². The van der Waals surface area contributed by atoms with Crippen molar-refractivity contribution in [2.45, 2.75) is 26.2 Å². The average Bonchev–Trinajstić information content (AvgIpc) is 3.03. The maximum absolute atomic E-state index is 12.8. The number of carbonyl (C=O) groups excluding carboxylic acids is 3. The van der Waals surface area contributed by atoms with Crippen molar-refractivity contribution in [3.63, 3.8) is 0 Å². The molecule has 0 aromatic heterocycles. The summed E-state index contributed by atoms with van der Waals surface area (Å²) in [5, 5.41) is 11.9. The summed E-state index contributed by atoms with van der Waals surface area (Å²) in [6.45, 7) is 2.46. The van der Waals surface area contributed by atoms with Gasteiger partial charge in [-0.05, 0) is 37.1 Å². The third-order valence-electron chi connectivity index (χ3n) is 5.06. The van der Waals surface area contributed by atoms with Gasteiger partial charge < -0.3 is 20.2 Å². The molecule has 1 aromatic carbocycles. The highest BCUT2D eigenvalue weighted by atomic mass is 16.4. The number of rotatable bonds is 4. The van der Waals surface area contributed by atoms with Crippen LogP contribution in [-0.2, 0) is 19.2 Å². The molecule has 2 atom stereocenters. The number of carbonyl (C=O) groups is 4. The first-order valence-electron chi connectivity index (χ1n) is 9.04. The van der Waals surface area contributed by atoms with Crippen molar-refractivity contribution in [1.82, 2.24) is 4.90 Å². The van der Waals surface area contributed by atoms with E-state index in [9.17, 15) is 24.3 Å². The lowest BCUT2D eigenvalue weighted by Crippen LogP contribution is -2.45. The summed E-state index contributed by atoms with van der Waals surface area (Å²) in [6.07, 6.45) is 1.37. The number of hydrogen-bond acceptors (Lipinski definition) is 4. The molecule has 8 heteroatoms. The molecule has 2 aliphatic rings. The van der Waals surface area contributed by atoms with Crippen LogP contribution in [0.1, 0.15) is 26.2 Å². The topological polar surface area (TPSA) is 107 Å². The Labute approximate surface area is 157 Å². The van der Waals surface area contributed by atoms with Crippen LogP contribution in [0.3, 0.4) is 0 Å². The smallest absolute Gasteiger partial charge is 0.308 e. The first kappa shape index (κ1) is 18.9. The van der Waals surface area contributed by atoms with Gasteiger partial charge in [0.2, 0.25) is 17.7 Å². The summed E-state index contributed by atoms with van der Waals surface area (Å²) in [7, 11) is 0. The minimum Gasteiger partial charge on any atom is -0.481 e. The molecule has 0 radical (unpaired) electrons. The minimum atomic E-state index is -0.879. The average molecular weight is 373 g/mol. The van der Waals surface area contributed by atoms with Gasteiger partial charge in [-0.15, -0.1) is 0 Å². The van der Waals surface area contributed by atoms with Gasteiger partial charge in [-0.2, -0.15) is 0 Å². The fourth-order valence-corrected chi connectivity index (χ4v) is 3.69. The molecule has 1 aromatic rings. The number of aliphatic carboxylic acids is 1. The Morgan fingerprint density at radius 2 is 1.81 bits per heavy atom. The molecule has 0 spiro atoms. The molecule has 144 valence electrons. The number of likely N-dealkylation sites (tertiary alicyclic amines) is 1. The van der Waals surface area contributed by atoms with Gasteiger partial charge in [-0.25, -0.2) is 0 Å². The van der Waals surface area contributed by atoms with Crippen molar-refractivity contribution in [2.24, 2.45) is 11.8 Å². The second-order valence-electron chi connectivity index (χ2n) is 7.10. The molecule has 2 heterocycles. The van der Waals surface area contributed by atoms with Crippen LogP contribution in [0.5, 0.6) is 0 Å². The lowest BCUT2D eigenvalue weighted by molar-refractivity contribution is -0.147. The number of nitrogens with zero attached hydrogens (tertiary/aromatic N) is 2. The summed E-state index contributed by atoms with van der Waals surface area (Å²) >= 11 is 0. The van der Waals surface area contributed by atoms with E-state index in [-0.39, 0.29) is 37.2 Å². The van der Waals surface area contributed by atoms with E-state index in [1.54, 1.807) is 34.1 Å². The number of amides is 3. The van der Waals surface area contributed by atoms with Crippen LogP contribution in [0.2, 0.25) is 0 Å². The van der Waals surface area contributed by atoms with E-state index < -0.39 is 17.8 Å². The fraction of sp³-hybridized carbons (Fsp3) is 0.474. The van der Waals surface area contributed by atoms with Gasteiger partial charge in [0.25, 0.3) is 0 Å². The third-order valence-corrected chi connectivity index (χ3v) is 5.06. The molecule has 2 N–H and O–H groups in total. The maximum Gasteiger partial charge on any atom is 0.308 e. The van der Waals surface area contributed by atoms with Crippen LogP contribution in [-0.4, -0.2) is 53.3 Å². The van der Waals surface area contributed by atoms with Crippen molar-refractivity contribution in [1.29, 1.82) is 0 Å². The molecule has 2 aliphatic heterocycles. The lowest BCUT2D eigenvalue weighted by Gasteiger charge is -2.32. The third kappa shape index (κ3) is 4.27. The van der Waals surface area contributed by atoms with Crippen LogP contribution in [0, 0.1) is 11.8 Å². The molecule has 2 fully saturated rings. The minimum absolute atomic E-state index is 0.126. The largest absolute Gasteiger partial charge is 0.481 e. The predicted octanol–water partition coefficient (Wildman–Crippen LogP) is 1.32. The van der Waals surface area contributed by atoms with Gasteiger partial charge in [-0.3, -0.25) is 19.2 Å². The van der Waals surface area contributed by atoms with Gasteiger partial charge in [0.15, 0.2) is 0 Å². The Balaban J connectivity index is 1.65. The normalized spacial score (nSPS) is 22.6. The molecule has 3 amide bonds. The Morgan fingerprint density at radius 1 is 1.11 bits per heavy atom. The standard InChI is InChI=1S/C19H23N3O5/c1-12(23)20-15-4-6-16(7-5-15)22-11-14(9-17(22)24)18(25)21-8-2-3-13(10-21)19(26)27/h4-7,13-14H,2-3,8-11H2,1H3,(H,20,23)(H,26,27)/t13-,14-/m1/s1. The van der Waals surface area contributed by atoms with Crippen LogP contribution in [0.15, 0.2) is 24.3 Å². The Kier molecular flexibility index (Phi) is 5.43. The SMILES string of the molecule is CC(=O)Nc1ccc(N2C[C@H](C(=O)N3CCC[C@@H](C(=O)O)C3)CC2=O)cc1. The number of benzene rings is 1. The van der Waals surface area contributed by atoms with Gasteiger partial charge in [0, 0.05) is 44.4 Å². The van der Waals surface area contributed by atoms with E-state index in [0.29, 0.717) is 30.8 Å². The zero-order valence-corrected chi connectivity index (χ0v) is 15.2. The van der Waals surface area contributed by atoms with E-state index >= 15 is 0 Å². The van der Waals surface area contributed by atoms with Crippen molar-refractivity contribution in [3.8, 4) is 0 Å². The van der Waals surface area contributed by atoms with E-state index in [0.717, 1.165) is 0 Å². The summed E-state index contributed by atoms with van der Waals surface area (Å²) in [4.78, 5) is 50.6. The Hall–Kier alpha value is -2.90. The van der Waals surface area contributed by atoms with Gasteiger partial charge in [-0.1, -0.05) is 0 Å². The number of carboxylic acids is 1. The van der Waals surface area contributed by atoms with Crippen LogP contribution >= 0.6 is 0 Å². The van der Waals surface area contributed by atoms with Crippen molar-refractivity contribution < 1.29 is 24.3 Å². The Bertz CT molecular complexity index is 761.